The molecule has 0 aliphatic heterocycles. The third kappa shape index (κ3) is 2.57. The van der Waals surface area contributed by atoms with Crippen LogP contribution in [-0.4, -0.2) is 20.2 Å². The molecule has 0 fully saturated rings. The molecule has 0 bridgehead atoms. The second-order valence-corrected chi connectivity index (χ2v) is 4.18. The highest BCUT2D eigenvalue weighted by atomic mass is 16.1. The van der Waals surface area contributed by atoms with Crippen LogP contribution < -0.4 is 10.9 Å². The molecule has 19 heavy (non-hydrogen) atoms. The van der Waals surface area contributed by atoms with Crippen LogP contribution >= 0.6 is 0 Å². The van der Waals surface area contributed by atoms with E-state index in [1.165, 1.54) is 6.07 Å². The molecule has 2 aromatic heterocycles. The largest absolute Gasteiger partial charge is 0.379 e. The van der Waals surface area contributed by atoms with Crippen LogP contribution in [0.5, 0.6) is 0 Å². The van der Waals surface area contributed by atoms with Crippen LogP contribution in [0.25, 0.3) is 11.3 Å². The molecule has 2 heterocycles. The number of anilines is 1. The molecule has 0 unspecified atom stereocenters. The number of benzene rings is 1. The minimum Gasteiger partial charge on any atom is -0.379 e. The fourth-order valence-electron chi connectivity index (χ4n) is 1.83. The second-order valence-electron chi connectivity index (χ2n) is 4.18. The lowest BCUT2D eigenvalue weighted by atomic mass is 10.1. The smallest absolute Gasteiger partial charge is 0.264 e. The number of nitrogens with one attached hydrogen (secondary N) is 4. The van der Waals surface area contributed by atoms with Gasteiger partial charge in [0, 0.05) is 18.0 Å². The van der Waals surface area contributed by atoms with Crippen molar-refractivity contribution in [1.29, 1.82) is 0 Å². The number of rotatable bonds is 4. The Morgan fingerprint density at radius 3 is 2.63 bits per heavy atom. The van der Waals surface area contributed by atoms with Crippen LogP contribution in [0.2, 0.25) is 0 Å². The Balaban J connectivity index is 1.70. The van der Waals surface area contributed by atoms with Gasteiger partial charge in [0.2, 0.25) is 0 Å². The topological polar surface area (TPSA) is 89.4 Å². The Bertz CT molecular complexity index is 693. The predicted octanol–water partition coefficient (Wildman–Crippen LogP) is 1.71. The summed E-state index contributed by atoms with van der Waals surface area (Å²) in [5.41, 5.74) is 3.65. The van der Waals surface area contributed by atoms with Gasteiger partial charge < -0.3 is 10.3 Å². The van der Waals surface area contributed by atoms with Gasteiger partial charge in [-0.1, -0.05) is 12.1 Å². The third-order valence-corrected chi connectivity index (χ3v) is 2.83. The molecular formula is C13H13N5O. The van der Waals surface area contributed by atoms with Gasteiger partial charge in [-0.25, -0.2) is 4.98 Å². The zero-order valence-electron chi connectivity index (χ0n) is 10.1. The molecule has 0 aliphatic carbocycles. The van der Waals surface area contributed by atoms with E-state index in [9.17, 15) is 4.79 Å². The van der Waals surface area contributed by atoms with E-state index >= 15 is 0 Å². The summed E-state index contributed by atoms with van der Waals surface area (Å²) in [6, 6.07) is 9.38. The summed E-state index contributed by atoms with van der Waals surface area (Å²) in [4.78, 5) is 18.0. The highest BCUT2D eigenvalue weighted by molar-refractivity contribution is 5.62. The lowest BCUT2D eigenvalue weighted by Gasteiger charge is -2.05. The van der Waals surface area contributed by atoms with Crippen LogP contribution in [0.1, 0.15) is 5.69 Å². The van der Waals surface area contributed by atoms with E-state index in [1.54, 1.807) is 12.5 Å². The molecule has 0 atom stereocenters. The summed E-state index contributed by atoms with van der Waals surface area (Å²) in [6.07, 6.45) is 3.44. The van der Waals surface area contributed by atoms with E-state index in [1.807, 2.05) is 24.3 Å². The first-order chi connectivity index (χ1) is 9.31. The van der Waals surface area contributed by atoms with Crippen molar-refractivity contribution in [3.05, 3.63) is 58.9 Å². The first-order valence-electron chi connectivity index (χ1n) is 5.90. The van der Waals surface area contributed by atoms with Crippen molar-refractivity contribution < 1.29 is 0 Å². The second kappa shape index (κ2) is 4.85. The average Bonchev–Trinajstić information content (AvgIpc) is 3.08. The molecule has 0 radical (unpaired) electrons. The molecule has 0 aliphatic rings. The van der Waals surface area contributed by atoms with Gasteiger partial charge in [-0.2, -0.15) is 0 Å². The van der Waals surface area contributed by atoms with Gasteiger partial charge in [0.15, 0.2) is 0 Å². The SMILES string of the molecule is O=c1cc(-c2ccc(NCc3cnc[nH]3)cc2)[nH][nH]1. The van der Waals surface area contributed by atoms with Crippen LogP contribution in [0.15, 0.2) is 47.7 Å². The van der Waals surface area contributed by atoms with E-state index in [0.29, 0.717) is 6.54 Å². The van der Waals surface area contributed by atoms with Crippen LogP contribution in [0.4, 0.5) is 5.69 Å². The zero-order chi connectivity index (χ0) is 13.1. The minimum absolute atomic E-state index is 0.128. The Morgan fingerprint density at radius 1 is 1.16 bits per heavy atom. The monoisotopic (exact) mass is 255 g/mol. The van der Waals surface area contributed by atoms with Gasteiger partial charge in [-0.15, -0.1) is 0 Å². The molecule has 4 N–H and O–H groups in total. The van der Waals surface area contributed by atoms with Crippen molar-refractivity contribution >= 4 is 5.69 Å². The minimum atomic E-state index is -0.128. The molecular weight excluding hydrogens is 242 g/mol. The van der Waals surface area contributed by atoms with Gasteiger partial charge in [-0.05, 0) is 17.7 Å². The number of imidazole rings is 1. The summed E-state index contributed by atoms with van der Waals surface area (Å²) in [7, 11) is 0. The number of aromatic nitrogens is 4. The summed E-state index contributed by atoms with van der Waals surface area (Å²) in [5.74, 6) is 0. The average molecular weight is 255 g/mol. The number of H-pyrrole nitrogens is 3. The third-order valence-electron chi connectivity index (χ3n) is 2.83. The first kappa shape index (κ1) is 11.3. The first-order valence-corrected chi connectivity index (χ1v) is 5.90. The van der Waals surface area contributed by atoms with Gasteiger partial charge in [0.05, 0.1) is 24.3 Å². The van der Waals surface area contributed by atoms with Gasteiger partial charge in [-0.3, -0.25) is 15.0 Å². The van der Waals surface area contributed by atoms with Crippen molar-refractivity contribution in [2.75, 3.05) is 5.32 Å². The molecule has 3 rings (SSSR count). The van der Waals surface area contributed by atoms with Crippen molar-refractivity contribution in [3.63, 3.8) is 0 Å². The van der Waals surface area contributed by atoms with Gasteiger partial charge >= 0.3 is 0 Å². The lowest BCUT2D eigenvalue weighted by Crippen LogP contribution is -1.99. The number of aromatic amines is 3. The van der Waals surface area contributed by atoms with E-state index in [-0.39, 0.29) is 5.56 Å². The zero-order valence-corrected chi connectivity index (χ0v) is 10.1. The fourth-order valence-corrected chi connectivity index (χ4v) is 1.83. The number of hydrogen-bond acceptors (Lipinski definition) is 3. The molecule has 0 spiro atoms. The quantitative estimate of drug-likeness (QED) is 0.572. The molecule has 0 saturated heterocycles. The Hall–Kier alpha value is -2.76. The van der Waals surface area contributed by atoms with Crippen LogP contribution in [0, 0.1) is 0 Å². The summed E-state index contributed by atoms with van der Waals surface area (Å²) in [5, 5.41) is 8.62. The fraction of sp³-hybridized carbons (Fsp3) is 0.0769. The van der Waals surface area contributed by atoms with Gasteiger partial charge in [0.25, 0.3) is 5.56 Å². The maximum atomic E-state index is 11.1. The summed E-state index contributed by atoms with van der Waals surface area (Å²) >= 11 is 0. The summed E-state index contributed by atoms with van der Waals surface area (Å²) < 4.78 is 0. The predicted molar refractivity (Wildman–Crippen MR) is 72.8 cm³/mol. The van der Waals surface area contributed by atoms with E-state index in [2.05, 4.69) is 25.5 Å². The molecule has 96 valence electrons. The number of hydrogen-bond donors (Lipinski definition) is 4. The molecule has 3 aromatic rings. The lowest BCUT2D eigenvalue weighted by molar-refractivity contribution is 1.06. The highest BCUT2D eigenvalue weighted by Gasteiger charge is 2.00. The molecule has 6 heteroatoms. The number of nitrogens with zero attached hydrogens (tertiary/aromatic N) is 1. The van der Waals surface area contributed by atoms with Crippen LogP contribution in [0.3, 0.4) is 0 Å². The Labute approximate surface area is 108 Å². The van der Waals surface area contributed by atoms with Crippen molar-refractivity contribution in [3.8, 4) is 11.3 Å². The van der Waals surface area contributed by atoms with Crippen LogP contribution in [-0.2, 0) is 6.54 Å². The highest BCUT2D eigenvalue weighted by Crippen LogP contribution is 2.18. The molecule has 6 nitrogen and oxygen atoms in total. The van der Waals surface area contributed by atoms with E-state index < -0.39 is 0 Å². The maximum absolute atomic E-state index is 11.1. The summed E-state index contributed by atoms with van der Waals surface area (Å²) in [6.45, 7) is 0.695. The Morgan fingerprint density at radius 2 is 2.00 bits per heavy atom. The van der Waals surface area contributed by atoms with Crippen molar-refractivity contribution in [2.45, 2.75) is 6.54 Å². The van der Waals surface area contributed by atoms with E-state index in [0.717, 1.165) is 22.6 Å². The van der Waals surface area contributed by atoms with E-state index in [4.69, 9.17) is 0 Å². The van der Waals surface area contributed by atoms with Crippen molar-refractivity contribution in [1.82, 2.24) is 20.2 Å². The van der Waals surface area contributed by atoms with Crippen molar-refractivity contribution in [2.24, 2.45) is 0 Å². The standard InChI is InChI=1S/C13H13N5O/c19-13-5-12(17-18-13)9-1-3-10(4-2-9)15-7-11-6-14-8-16-11/h1-6,8,15H,7H2,(H,14,16)(H2,17,18,19). The normalized spacial score (nSPS) is 10.5. The molecule has 0 saturated carbocycles. The molecule has 1 aromatic carbocycles. The Kier molecular flexibility index (Phi) is 2.89. The van der Waals surface area contributed by atoms with Gasteiger partial charge in [0.1, 0.15) is 0 Å². The molecule has 0 amide bonds. The maximum Gasteiger partial charge on any atom is 0.264 e.